The molecule has 0 radical (unpaired) electrons. The molecule has 0 bridgehead atoms. The minimum Gasteiger partial charge on any atom is -0.494 e. The van der Waals surface area contributed by atoms with Crippen LogP contribution >= 0.6 is 11.6 Å². The Kier molecular flexibility index (Phi) is 13.7. The molecule has 2 aliphatic rings. The molecule has 2 aliphatic carbocycles. The van der Waals surface area contributed by atoms with Gasteiger partial charge in [-0.25, -0.2) is 4.98 Å². The van der Waals surface area contributed by atoms with Gasteiger partial charge in [-0.1, -0.05) is 70.9 Å². The maximum Gasteiger partial charge on any atom is 0.119 e. The van der Waals surface area contributed by atoms with E-state index in [9.17, 15) is 0 Å². The second-order valence-electron chi connectivity index (χ2n) is 12.5. The Morgan fingerprint density at radius 1 is 0.955 bits per heavy atom. The number of unbranched alkanes of at least 4 members (excludes halogenated alkanes) is 1. The minimum atomic E-state index is 0.253. The van der Waals surface area contributed by atoms with Gasteiger partial charge in [0.25, 0.3) is 0 Å². The SMILES string of the molecule is CCCCc1c(C2C=CC(OCCC3C=CC(Cl)=CC3)=CC2)nc(CC(C)C)n1-c1ccc(OCCCN(CC)CC)cc1. The van der Waals surface area contributed by atoms with Gasteiger partial charge >= 0.3 is 0 Å². The molecule has 0 saturated carbocycles. The number of rotatable bonds is 18. The third-order valence-corrected chi connectivity index (χ3v) is 8.91. The van der Waals surface area contributed by atoms with Crippen molar-refractivity contribution in [3.63, 3.8) is 0 Å². The fourth-order valence-corrected chi connectivity index (χ4v) is 6.17. The third kappa shape index (κ3) is 9.87. The second-order valence-corrected chi connectivity index (χ2v) is 12.9. The number of imidazole rings is 1. The molecule has 0 saturated heterocycles. The van der Waals surface area contributed by atoms with Crippen molar-refractivity contribution in [1.29, 1.82) is 0 Å². The van der Waals surface area contributed by atoms with Gasteiger partial charge in [0.1, 0.15) is 17.3 Å². The Hall–Kier alpha value is -2.76. The summed E-state index contributed by atoms with van der Waals surface area (Å²) in [5.41, 5.74) is 3.74. The maximum absolute atomic E-state index is 6.16. The van der Waals surface area contributed by atoms with Gasteiger partial charge in [0.15, 0.2) is 0 Å². The normalized spacial score (nSPS) is 18.2. The van der Waals surface area contributed by atoms with E-state index in [1.807, 2.05) is 6.08 Å². The number of benzene rings is 1. The van der Waals surface area contributed by atoms with E-state index in [2.05, 4.69) is 98.7 Å². The van der Waals surface area contributed by atoms with Gasteiger partial charge in [-0.05, 0) is 106 Å². The van der Waals surface area contributed by atoms with E-state index in [4.69, 9.17) is 26.1 Å². The van der Waals surface area contributed by atoms with Crippen molar-refractivity contribution in [2.24, 2.45) is 11.8 Å². The summed E-state index contributed by atoms with van der Waals surface area (Å²) in [5, 5.41) is 0.839. The molecule has 6 heteroatoms. The van der Waals surface area contributed by atoms with Crippen molar-refractivity contribution in [2.75, 3.05) is 32.8 Å². The van der Waals surface area contributed by atoms with Crippen LogP contribution < -0.4 is 4.74 Å². The first-order valence-electron chi connectivity index (χ1n) is 17.0. The van der Waals surface area contributed by atoms with Crippen molar-refractivity contribution >= 4 is 11.6 Å². The lowest BCUT2D eigenvalue weighted by Gasteiger charge is -2.19. The Bertz CT molecular complexity index is 1280. The van der Waals surface area contributed by atoms with Crippen molar-refractivity contribution in [2.45, 2.75) is 91.9 Å². The summed E-state index contributed by atoms with van der Waals surface area (Å²) in [6.45, 7) is 16.0. The first kappa shape index (κ1) is 34.1. The topological polar surface area (TPSA) is 39.5 Å². The van der Waals surface area contributed by atoms with Gasteiger partial charge in [-0.15, -0.1) is 0 Å². The zero-order chi connectivity index (χ0) is 31.3. The van der Waals surface area contributed by atoms with E-state index in [1.165, 1.54) is 17.1 Å². The molecule has 0 aliphatic heterocycles. The summed E-state index contributed by atoms with van der Waals surface area (Å²) in [6, 6.07) is 8.66. The van der Waals surface area contributed by atoms with Crippen LogP contribution in [-0.4, -0.2) is 47.3 Å². The number of halogens is 1. The van der Waals surface area contributed by atoms with Crippen molar-refractivity contribution in [3.05, 3.63) is 88.7 Å². The average Bonchev–Trinajstić information content (AvgIpc) is 3.38. The summed E-state index contributed by atoms with van der Waals surface area (Å²) in [6.07, 6.45) is 21.2. The third-order valence-electron chi connectivity index (χ3n) is 8.63. The zero-order valence-corrected chi connectivity index (χ0v) is 28.5. The van der Waals surface area contributed by atoms with Crippen LogP contribution in [0.1, 0.15) is 96.3 Å². The predicted molar refractivity (Wildman–Crippen MR) is 185 cm³/mol. The smallest absolute Gasteiger partial charge is 0.119 e. The summed E-state index contributed by atoms with van der Waals surface area (Å²) in [5.74, 6) is 4.33. The van der Waals surface area contributed by atoms with Crippen LogP contribution in [0, 0.1) is 11.8 Å². The average molecular weight is 620 g/mol. The highest BCUT2D eigenvalue weighted by atomic mass is 35.5. The number of hydrogen-bond acceptors (Lipinski definition) is 4. The molecule has 44 heavy (non-hydrogen) atoms. The molecule has 0 N–H and O–H groups in total. The number of aromatic nitrogens is 2. The first-order chi connectivity index (χ1) is 21.4. The molecule has 2 aromatic rings. The predicted octanol–water partition coefficient (Wildman–Crippen LogP) is 9.56. The quantitative estimate of drug-likeness (QED) is 0.156. The molecule has 1 aromatic carbocycles. The molecule has 1 aromatic heterocycles. The minimum absolute atomic E-state index is 0.253. The number of ether oxygens (including phenoxy) is 2. The van der Waals surface area contributed by atoms with Crippen LogP contribution in [0.3, 0.4) is 0 Å². The van der Waals surface area contributed by atoms with E-state index in [-0.39, 0.29) is 5.92 Å². The van der Waals surface area contributed by atoms with Gasteiger partial charge in [-0.2, -0.15) is 0 Å². The molecule has 0 spiro atoms. The van der Waals surface area contributed by atoms with Crippen LogP contribution in [0.5, 0.6) is 5.75 Å². The number of nitrogens with zero attached hydrogens (tertiary/aromatic N) is 3. The maximum atomic E-state index is 6.16. The van der Waals surface area contributed by atoms with E-state index >= 15 is 0 Å². The largest absolute Gasteiger partial charge is 0.494 e. The monoisotopic (exact) mass is 619 g/mol. The Morgan fingerprint density at radius 3 is 2.39 bits per heavy atom. The Labute approximate surface area is 271 Å². The van der Waals surface area contributed by atoms with Crippen LogP contribution in [0.4, 0.5) is 0 Å². The van der Waals surface area contributed by atoms with Gasteiger partial charge in [0, 0.05) is 35.3 Å². The summed E-state index contributed by atoms with van der Waals surface area (Å²) < 4.78 is 14.7. The first-order valence-corrected chi connectivity index (χ1v) is 17.4. The molecule has 2 unspecified atom stereocenters. The van der Waals surface area contributed by atoms with Crippen LogP contribution in [-0.2, 0) is 17.6 Å². The van der Waals surface area contributed by atoms with Crippen molar-refractivity contribution in [3.8, 4) is 11.4 Å². The number of allylic oxidation sites excluding steroid dienone is 7. The van der Waals surface area contributed by atoms with E-state index in [0.717, 1.165) is 100.0 Å². The molecule has 0 amide bonds. The van der Waals surface area contributed by atoms with Crippen LogP contribution in [0.25, 0.3) is 5.69 Å². The molecular weight excluding hydrogens is 566 g/mol. The molecule has 240 valence electrons. The molecule has 0 fully saturated rings. The molecule has 1 heterocycles. The second kappa shape index (κ2) is 17.7. The lowest BCUT2D eigenvalue weighted by Crippen LogP contribution is -2.25. The molecule has 5 nitrogen and oxygen atoms in total. The van der Waals surface area contributed by atoms with Gasteiger partial charge in [0.2, 0.25) is 0 Å². The fraction of sp³-hybridized carbons (Fsp3) is 0.553. The fourth-order valence-electron chi connectivity index (χ4n) is 6.01. The van der Waals surface area contributed by atoms with Gasteiger partial charge < -0.3 is 18.9 Å². The van der Waals surface area contributed by atoms with Crippen LogP contribution in [0.15, 0.2) is 71.5 Å². The van der Waals surface area contributed by atoms with Gasteiger partial charge in [-0.3, -0.25) is 0 Å². The highest BCUT2D eigenvalue weighted by Crippen LogP contribution is 2.33. The zero-order valence-electron chi connectivity index (χ0n) is 27.7. The lowest BCUT2D eigenvalue weighted by molar-refractivity contribution is 0.206. The highest BCUT2D eigenvalue weighted by molar-refractivity contribution is 6.31. The Morgan fingerprint density at radius 2 is 1.75 bits per heavy atom. The Balaban J connectivity index is 1.46. The summed E-state index contributed by atoms with van der Waals surface area (Å²) >= 11 is 6.07. The van der Waals surface area contributed by atoms with E-state index in [1.54, 1.807) is 0 Å². The van der Waals surface area contributed by atoms with Gasteiger partial charge in [0.05, 0.1) is 18.9 Å². The van der Waals surface area contributed by atoms with E-state index < -0.39 is 0 Å². The highest BCUT2D eigenvalue weighted by Gasteiger charge is 2.25. The molecular formula is C38H54ClN3O2. The summed E-state index contributed by atoms with van der Waals surface area (Å²) in [7, 11) is 0. The molecule has 2 atom stereocenters. The summed E-state index contributed by atoms with van der Waals surface area (Å²) in [4.78, 5) is 7.79. The lowest BCUT2D eigenvalue weighted by atomic mass is 9.93. The van der Waals surface area contributed by atoms with Crippen molar-refractivity contribution in [1.82, 2.24) is 14.5 Å². The van der Waals surface area contributed by atoms with E-state index in [0.29, 0.717) is 18.4 Å². The standard InChI is InChI=1S/C38H54ClN3O2/c1-6-9-11-36-38(31-14-20-34(21-15-31)44-27-24-30-12-16-32(39)17-13-30)40-37(28-29(4)5)42(36)33-18-22-35(23-19-33)43-26-10-25-41(7-2)8-3/h12,14,16-23,29-31H,6-11,13,15,24-28H2,1-5H3. The molecule has 4 rings (SSSR count). The number of hydrogen-bond donors (Lipinski definition) is 0. The van der Waals surface area contributed by atoms with Crippen molar-refractivity contribution < 1.29 is 9.47 Å². The van der Waals surface area contributed by atoms with Crippen LogP contribution in [0.2, 0.25) is 0 Å².